The summed E-state index contributed by atoms with van der Waals surface area (Å²) in [7, 11) is 0. The minimum atomic E-state index is 0.854. The third-order valence-electron chi connectivity index (χ3n) is 9.42. The number of hydrogen-bond acceptors (Lipinski definition) is 7. The van der Waals surface area contributed by atoms with Gasteiger partial charge in [0.25, 0.3) is 0 Å². The number of benzene rings is 4. The Labute approximate surface area is 324 Å². The van der Waals surface area contributed by atoms with Gasteiger partial charge in [-0.2, -0.15) is 0 Å². The molecule has 0 saturated carbocycles. The molecular formula is C48H34N6S. The fourth-order valence-corrected chi connectivity index (χ4v) is 7.75. The van der Waals surface area contributed by atoms with Crippen molar-refractivity contribution in [1.82, 2.24) is 19.9 Å². The molecule has 0 amide bonds. The smallest absolute Gasteiger partial charge is 0.137 e. The van der Waals surface area contributed by atoms with Crippen molar-refractivity contribution < 1.29 is 0 Å². The molecular weight excluding hydrogens is 693 g/mol. The summed E-state index contributed by atoms with van der Waals surface area (Å²) >= 11 is 1.79. The molecule has 9 rings (SSSR count). The second-order valence-electron chi connectivity index (χ2n) is 12.9. The average molecular weight is 727 g/mol. The molecule has 0 unspecified atom stereocenters. The monoisotopic (exact) mass is 726 g/mol. The Bertz CT molecular complexity index is 2450. The van der Waals surface area contributed by atoms with Gasteiger partial charge in [0.15, 0.2) is 0 Å². The van der Waals surface area contributed by atoms with E-state index in [0.29, 0.717) is 0 Å². The number of aromatic nitrogens is 4. The van der Waals surface area contributed by atoms with Gasteiger partial charge >= 0.3 is 0 Å². The molecule has 7 heteroatoms. The SMILES string of the molecule is c1ccc(N(c2ccc(-c3ccc(-c4ccc(N(c5cccc(-c6ccncc6)c5)c5ccccn5)cc4)s3)cc2)c2cccc(-c3ccncc3)c2)nc1. The van der Waals surface area contributed by atoms with Gasteiger partial charge < -0.3 is 0 Å². The summed E-state index contributed by atoms with van der Waals surface area (Å²) in [5.41, 5.74) is 10.9. The van der Waals surface area contributed by atoms with E-state index in [2.05, 4.69) is 129 Å². The first-order valence-electron chi connectivity index (χ1n) is 18.0. The van der Waals surface area contributed by atoms with Gasteiger partial charge in [-0.05, 0) is 143 Å². The summed E-state index contributed by atoms with van der Waals surface area (Å²) < 4.78 is 0. The van der Waals surface area contributed by atoms with Crippen molar-refractivity contribution in [3.8, 4) is 43.1 Å². The number of rotatable bonds is 10. The third kappa shape index (κ3) is 7.25. The summed E-state index contributed by atoms with van der Waals surface area (Å²) in [6.07, 6.45) is 11.0. The lowest BCUT2D eigenvalue weighted by molar-refractivity contribution is 1.18. The highest BCUT2D eigenvalue weighted by Gasteiger charge is 2.17. The Morgan fingerprint density at radius 3 is 1.15 bits per heavy atom. The molecule has 0 aliphatic rings. The molecule has 0 radical (unpaired) electrons. The quantitative estimate of drug-likeness (QED) is 0.140. The third-order valence-corrected chi connectivity index (χ3v) is 10.6. The van der Waals surface area contributed by atoms with Crippen LogP contribution in [0.1, 0.15) is 0 Å². The minimum absolute atomic E-state index is 0.854. The zero-order valence-corrected chi connectivity index (χ0v) is 30.5. The Morgan fingerprint density at radius 1 is 0.309 bits per heavy atom. The summed E-state index contributed by atoms with van der Waals surface area (Å²) in [6, 6.07) is 59.1. The molecule has 0 bridgehead atoms. The van der Waals surface area contributed by atoms with Crippen LogP contribution in [0, 0.1) is 0 Å². The van der Waals surface area contributed by atoms with Crippen LogP contribution in [0.15, 0.2) is 207 Å². The number of nitrogens with zero attached hydrogens (tertiary/aromatic N) is 6. The molecule has 0 spiro atoms. The van der Waals surface area contributed by atoms with Crippen molar-refractivity contribution in [3.05, 3.63) is 207 Å². The number of hydrogen-bond donors (Lipinski definition) is 0. The first-order valence-corrected chi connectivity index (χ1v) is 18.8. The van der Waals surface area contributed by atoms with Crippen LogP contribution in [-0.2, 0) is 0 Å². The van der Waals surface area contributed by atoms with Gasteiger partial charge in [-0.3, -0.25) is 19.8 Å². The standard InChI is InChI=1S/C48H34N6S/c1-3-27-51-47(11-1)53(43-9-5-7-39(33-43)35-23-29-49-30-24-35)41-17-13-37(14-18-41)45-21-22-46(55-45)38-15-19-42(20-16-38)54(48-12-2-4-28-52-48)44-10-6-8-40(34-44)36-25-31-50-32-26-36/h1-34H. The second kappa shape index (κ2) is 15.4. The highest BCUT2D eigenvalue weighted by atomic mass is 32.1. The van der Waals surface area contributed by atoms with Gasteiger partial charge in [-0.15, -0.1) is 11.3 Å². The Kier molecular flexibility index (Phi) is 9.41. The van der Waals surface area contributed by atoms with Crippen LogP contribution in [0.3, 0.4) is 0 Å². The molecule has 0 fully saturated rings. The maximum absolute atomic E-state index is 4.73. The Morgan fingerprint density at radius 2 is 0.745 bits per heavy atom. The predicted molar refractivity (Wildman–Crippen MR) is 227 cm³/mol. The zero-order chi connectivity index (χ0) is 36.8. The molecule has 5 heterocycles. The van der Waals surface area contributed by atoms with Gasteiger partial charge in [0.1, 0.15) is 11.6 Å². The van der Waals surface area contributed by atoms with E-state index in [0.717, 1.165) is 56.6 Å². The molecule has 0 aliphatic heterocycles. The normalized spacial score (nSPS) is 10.9. The van der Waals surface area contributed by atoms with E-state index in [1.165, 1.54) is 20.9 Å². The summed E-state index contributed by atoms with van der Waals surface area (Å²) in [4.78, 5) is 24.6. The molecule has 6 nitrogen and oxygen atoms in total. The van der Waals surface area contributed by atoms with Crippen LogP contribution in [0.25, 0.3) is 43.1 Å². The molecule has 0 atom stereocenters. The van der Waals surface area contributed by atoms with E-state index < -0.39 is 0 Å². The summed E-state index contributed by atoms with van der Waals surface area (Å²) in [6.45, 7) is 0. The van der Waals surface area contributed by atoms with Crippen molar-refractivity contribution in [2.75, 3.05) is 9.80 Å². The lowest BCUT2D eigenvalue weighted by Gasteiger charge is -2.25. The number of thiophene rings is 1. The van der Waals surface area contributed by atoms with E-state index in [4.69, 9.17) is 9.97 Å². The van der Waals surface area contributed by atoms with Gasteiger partial charge in [-0.1, -0.05) is 60.7 Å². The summed E-state index contributed by atoms with van der Waals surface area (Å²) in [5, 5.41) is 0. The maximum Gasteiger partial charge on any atom is 0.137 e. The molecule has 9 aromatic rings. The summed E-state index contributed by atoms with van der Waals surface area (Å²) in [5.74, 6) is 1.71. The van der Waals surface area contributed by atoms with E-state index in [-0.39, 0.29) is 0 Å². The fourth-order valence-electron chi connectivity index (χ4n) is 6.73. The zero-order valence-electron chi connectivity index (χ0n) is 29.7. The van der Waals surface area contributed by atoms with Crippen LogP contribution in [0.5, 0.6) is 0 Å². The number of pyridine rings is 4. The lowest BCUT2D eigenvalue weighted by atomic mass is 10.1. The van der Waals surface area contributed by atoms with Crippen LogP contribution >= 0.6 is 11.3 Å². The van der Waals surface area contributed by atoms with Crippen molar-refractivity contribution in [2.45, 2.75) is 0 Å². The van der Waals surface area contributed by atoms with Crippen molar-refractivity contribution in [3.63, 3.8) is 0 Å². The van der Waals surface area contributed by atoms with Crippen molar-refractivity contribution in [2.24, 2.45) is 0 Å². The topological polar surface area (TPSA) is 58.0 Å². The lowest BCUT2D eigenvalue weighted by Crippen LogP contribution is -2.11. The highest BCUT2D eigenvalue weighted by molar-refractivity contribution is 7.18. The van der Waals surface area contributed by atoms with Crippen molar-refractivity contribution in [1.29, 1.82) is 0 Å². The first kappa shape index (κ1) is 33.6. The largest absolute Gasteiger partial charge is 0.295 e. The van der Waals surface area contributed by atoms with Crippen molar-refractivity contribution >= 4 is 45.7 Å². The molecule has 0 aliphatic carbocycles. The van der Waals surface area contributed by atoms with Crippen LogP contribution in [0.2, 0.25) is 0 Å². The van der Waals surface area contributed by atoms with E-state index in [9.17, 15) is 0 Å². The van der Waals surface area contributed by atoms with E-state index in [1.807, 2.05) is 97.8 Å². The van der Waals surface area contributed by atoms with Gasteiger partial charge in [-0.25, -0.2) is 9.97 Å². The molecule has 0 saturated heterocycles. The van der Waals surface area contributed by atoms with Gasteiger partial charge in [0.05, 0.1) is 0 Å². The average Bonchev–Trinajstić information content (AvgIpc) is 3.77. The van der Waals surface area contributed by atoms with Crippen LogP contribution < -0.4 is 9.80 Å². The second-order valence-corrected chi connectivity index (χ2v) is 14.0. The molecule has 4 aromatic carbocycles. The van der Waals surface area contributed by atoms with Gasteiger partial charge in [0, 0.05) is 69.7 Å². The van der Waals surface area contributed by atoms with Gasteiger partial charge in [0.2, 0.25) is 0 Å². The molecule has 55 heavy (non-hydrogen) atoms. The molecule has 0 N–H and O–H groups in total. The number of anilines is 6. The molecule has 262 valence electrons. The first-order chi connectivity index (χ1) is 27.3. The van der Waals surface area contributed by atoms with E-state index in [1.54, 1.807) is 11.3 Å². The fraction of sp³-hybridized carbons (Fsp3) is 0. The van der Waals surface area contributed by atoms with Crippen LogP contribution in [-0.4, -0.2) is 19.9 Å². The Balaban J connectivity index is 0.988. The minimum Gasteiger partial charge on any atom is -0.295 e. The highest BCUT2D eigenvalue weighted by Crippen LogP contribution is 2.40. The predicted octanol–water partition coefficient (Wildman–Crippen LogP) is 12.9. The van der Waals surface area contributed by atoms with E-state index >= 15 is 0 Å². The van der Waals surface area contributed by atoms with Crippen LogP contribution in [0.4, 0.5) is 34.4 Å². The Hall–Kier alpha value is -7.22. The molecule has 5 aromatic heterocycles. The maximum atomic E-state index is 4.73.